The van der Waals surface area contributed by atoms with Crippen LogP contribution in [0.5, 0.6) is 0 Å². The van der Waals surface area contributed by atoms with Crippen LogP contribution in [0.2, 0.25) is 0 Å². The Hall–Kier alpha value is -2.55. The molecule has 0 aliphatic carbocycles. The fourth-order valence-corrected chi connectivity index (χ4v) is 2.96. The van der Waals surface area contributed by atoms with Gasteiger partial charge in [0.2, 0.25) is 0 Å². The average molecular weight is 306 g/mol. The lowest BCUT2D eigenvalue weighted by atomic mass is 9.86. The highest BCUT2D eigenvalue weighted by atomic mass is 16.1. The fourth-order valence-electron chi connectivity index (χ4n) is 2.96. The molecule has 23 heavy (non-hydrogen) atoms. The number of carbonyl (C=O) groups is 1. The van der Waals surface area contributed by atoms with Gasteiger partial charge in [-0.25, -0.2) is 0 Å². The van der Waals surface area contributed by atoms with E-state index in [1.54, 1.807) is 0 Å². The van der Waals surface area contributed by atoms with E-state index in [2.05, 4.69) is 32.2 Å². The van der Waals surface area contributed by atoms with Gasteiger partial charge >= 0.3 is 0 Å². The van der Waals surface area contributed by atoms with Crippen LogP contribution in [-0.4, -0.2) is 10.5 Å². The van der Waals surface area contributed by atoms with Gasteiger partial charge in [-0.1, -0.05) is 57.2 Å². The summed E-state index contributed by atoms with van der Waals surface area (Å²) in [5, 5.41) is 4.06. The third-order valence-electron chi connectivity index (χ3n) is 4.12. The monoisotopic (exact) mass is 306 g/mol. The molecule has 2 aromatic carbocycles. The van der Waals surface area contributed by atoms with Crippen LogP contribution in [0.3, 0.4) is 0 Å². The zero-order valence-electron chi connectivity index (χ0n) is 14.1. The molecule has 1 amide bonds. The van der Waals surface area contributed by atoms with Crippen LogP contribution >= 0.6 is 0 Å². The molecule has 3 aromatic rings. The third-order valence-corrected chi connectivity index (χ3v) is 4.12. The second kappa shape index (κ2) is 5.58. The van der Waals surface area contributed by atoms with E-state index in [-0.39, 0.29) is 11.3 Å². The zero-order chi connectivity index (χ0) is 16.6. The predicted octanol–water partition coefficient (Wildman–Crippen LogP) is 4.73. The lowest BCUT2D eigenvalue weighted by molar-refractivity contribution is 0.102. The Morgan fingerprint density at radius 2 is 1.65 bits per heavy atom. The van der Waals surface area contributed by atoms with E-state index in [9.17, 15) is 4.79 Å². The number of benzene rings is 2. The number of rotatable bonds is 2. The molecule has 0 saturated carbocycles. The number of carbonyl (C=O) groups excluding carboxylic acids is 1. The smallest absolute Gasteiger partial charge is 0.257 e. The first-order valence-corrected chi connectivity index (χ1v) is 7.83. The summed E-state index contributed by atoms with van der Waals surface area (Å²) < 4.78 is 1.99. The normalized spacial score (nSPS) is 11.7. The van der Waals surface area contributed by atoms with Gasteiger partial charge in [-0.3, -0.25) is 4.79 Å². The summed E-state index contributed by atoms with van der Waals surface area (Å²) in [7, 11) is 1.96. The first-order chi connectivity index (χ1) is 10.9. The maximum Gasteiger partial charge on any atom is 0.257 e. The van der Waals surface area contributed by atoms with Crippen molar-refractivity contribution in [3.63, 3.8) is 0 Å². The summed E-state index contributed by atoms with van der Waals surface area (Å²) in [6, 6.07) is 15.9. The van der Waals surface area contributed by atoms with E-state index in [1.165, 1.54) is 0 Å². The number of nitrogens with one attached hydrogen (secondary N) is 1. The van der Waals surface area contributed by atoms with Crippen molar-refractivity contribution in [2.75, 3.05) is 5.32 Å². The van der Waals surface area contributed by atoms with Crippen LogP contribution in [0.25, 0.3) is 10.9 Å². The Labute approximate surface area is 136 Å². The van der Waals surface area contributed by atoms with Gasteiger partial charge in [0.05, 0.1) is 5.56 Å². The Morgan fingerprint density at radius 3 is 2.39 bits per heavy atom. The van der Waals surface area contributed by atoms with Crippen LogP contribution in [0.4, 0.5) is 5.69 Å². The van der Waals surface area contributed by atoms with Crippen molar-refractivity contribution in [1.29, 1.82) is 0 Å². The lowest BCUT2D eigenvalue weighted by Crippen LogP contribution is -2.18. The Bertz CT molecular complexity index is 869. The standard InChI is InChI=1S/C20H22N2O/c1-20(2,3)16-10-6-7-11-17(16)21-19(23)15-13-22(4)18-12-8-5-9-14(15)18/h5-13H,1-4H3,(H,21,23). The van der Waals surface area contributed by atoms with Crippen LogP contribution < -0.4 is 5.32 Å². The van der Waals surface area contributed by atoms with Crippen molar-refractivity contribution in [3.05, 3.63) is 65.9 Å². The van der Waals surface area contributed by atoms with Gasteiger partial charge in [0.25, 0.3) is 5.91 Å². The highest BCUT2D eigenvalue weighted by Gasteiger charge is 2.20. The largest absolute Gasteiger partial charge is 0.350 e. The summed E-state index contributed by atoms with van der Waals surface area (Å²) >= 11 is 0. The number of hydrogen-bond acceptors (Lipinski definition) is 1. The molecule has 0 aliphatic rings. The summed E-state index contributed by atoms with van der Waals surface area (Å²) in [5.41, 5.74) is 3.74. The minimum atomic E-state index is -0.0708. The molecular formula is C20H22N2O. The van der Waals surface area contributed by atoms with Gasteiger partial charge in [-0.05, 0) is 23.1 Å². The molecule has 0 aliphatic heterocycles. The van der Waals surface area contributed by atoms with E-state index in [4.69, 9.17) is 0 Å². The quantitative estimate of drug-likeness (QED) is 0.730. The van der Waals surface area contributed by atoms with Crippen molar-refractivity contribution in [2.45, 2.75) is 26.2 Å². The zero-order valence-corrected chi connectivity index (χ0v) is 14.1. The molecule has 0 unspecified atom stereocenters. The second-order valence-electron chi connectivity index (χ2n) is 6.92. The van der Waals surface area contributed by atoms with Crippen molar-refractivity contribution in [1.82, 2.24) is 4.57 Å². The second-order valence-corrected chi connectivity index (χ2v) is 6.92. The van der Waals surface area contributed by atoms with Gasteiger partial charge in [0, 0.05) is 29.8 Å². The average Bonchev–Trinajstić information content (AvgIpc) is 2.85. The van der Waals surface area contributed by atoms with E-state index >= 15 is 0 Å². The Morgan fingerprint density at radius 1 is 1.00 bits per heavy atom. The van der Waals surface area contributed by atoms with E-state index < -0.39 is 0 Å². The fraction of sp³-hybridized carbons (Fsp3) is 0.250. The lowest BCUT2D eigenvalue weighted by Gasteiger charge is -2.22. The maximum absolute atomic E-state index is 12.8. The summed E-state index contributed by atoms with van der Waals surface area (Å²) in [5.74, 6) is -0.0708. The molecule has 0 radical (unpaired) electrons. The molecular weight excluding hydrogens is 284 g/mol. The van der Waals surface area contributed by atoms with Gasteiger partial charge in [-0.15, -0.1) is 0 Å². The molecule has 0 atom stereocenters. The van der Waals surface area contributed by atoms with Gasteiger partial charge in [-0.2, -0.15) is 0 Å². The van der Waals surface area contributed by atoms with Gasteiger partial charge < -0.3 is 9.88 Å². The molecule has 0 bridgehead atoms. The predicted molar refractivity (Wildman–Crippen MR) is 96.0 cm³/mol. The first kappa shape index (κ1) is 15.3. The highest BCUT2D eigenvalue weighted by Crippen LogP contribution is 2.30. The maximum atomic E-state index is 12.8. The van der Waals surface area contributed by atoms with Crippen molar-refractivity contribution in [3.8, 4) is 0 Å². The van der Waals surface area contributed by atoms with Gasteiger partial charge in [0.1, 0.15) is 0 Å². The Balaban J connectivity index is 2.00. The highest BCUT2D eigenvalue weighted by molar-refractivity contribution is 6.13. The summed E-state index contributed by atoms with van der Waals surface area (Å²) in [4.78, 5) is 12.8. The number of anilines is 1. The molecule has 3 heteroatoms. The number of para-hydroxylation sites is 2. The molecule has 0 spiro atoms. The van der Waals surface area contributed by atoms with Crippen LogP contribution in [-0.2, 0) is 12.5 Å². The number of aryl methyl sites for hydroxylation is 1. The molecule has 3 rings (SSSR count). The number of nitrogens with zero attached hydrogens (tertiary/aromatic N) is 1. The summed E-state index contributed by atoms with van der Waals surface area (Å²) in [6.07, 6.45) is 1.89. The molecule has 1 aromatic heterocycles. The molecule has 3 nitrogen and oxygen atoms in total. The third kappa shape index (κ3) is 2.87. The van der Waals surface area contributed by atoms with Crippen molar-refractivity contribution in [2.24, 2.45) is 7.05 Å². The molecule has 118 valence electrons. The molecule has 1 N–H and O–H groups in total. The summed E-state index contributed by atoms with van der Waals surface area (Å²) in [6.45, 7) is 6.45. The minimum Gasteiger partial charge on any atom is -0.350 e. The molecule has 0 saturated heterocycles. The van der Waals surface area contributed by atoms with Crippen LogP contribution in [0.15, 0.2) is 54.7 Å². The topological polar surface area (TPSA) is 34.0 Å². The Kier molecular flexibility index (Phi) is 3.72. The number of amides is 1. The van der Waals surface area contributed by atoms with Gasteiger partial charge in [0.15, 0.2) is 0 Å². The van der Waals surface area contributed by atoms with E-state index in [0.29, 0.717) is 5.56 Å². The van der Waals surface area contributed by atoms with Crippen molar-refractivity contribution < 1.29 is 4.79 Å². The molecule has 1 heterocycles. The van der Waals surface area contributed by atoms with Crippen LogP contribution in [0.1, 0.15) is 36.7 Å². The minimum absolute atomic E-state index is 0.0252. The van der Waals surface area contributed by atoms with Crippen LogP contribution in [0, 0.1) is 0 Å². The molecule has 0 fully saturated rings. The van der Waals surface area contributed by atoms with Crippen molar-refractivity contribution >= 4 is 22.5 Å². The number of hydrogen-bond donors (Lipinski definition) is 1. The van der Waals surface area contributed by atoms with E-state index in [1.807, 2.05) is 60.3 Å². The number of fused-ring (bicyclic) bond motifs is 1. The SMILES string of the molecule is Cn1cc(C(=O)Nc2ccccc2C(C)(C)C)c2ccccc21. The first-order valence-electron chi connectivity index (χ1n) is 7.83. The van der Waals surface area contributed by atoms with E-state index in [0.717, 1.165) is 22.2 Å². The number of aromatic nitrogens is 1.